The number of aliphatic hydroxyl groups is 1. The van der Waals surface area contributed by atoms with Gasteiger partial charge in [0.05, 0.1) is 23.4 Å². The Kier molecular flexibility index (Phi) is 2.61. The summed E-state index contributed by atoms with van der Waals surface area (Å²) in [7, 11) is 0. The summed E-state index contributed by atoms with van der Waals surface area (Å²) in [5.74, 6) is 0. The second kappa shape index (κ2) is 3.77. The molecule has 2 atom stereocenters. The van der Waals surface area contributed by atoms with Crippen LogP contribution in [-0.4, -0.2) is 27.3 Å². The Morgan fingerprint density at radius 2 is 2.20 bits per heavy atom. The quantitative estimate of drug-likeness (QED) is 0.747. The van der Waals surface area contributed by atoms with Crippen molar-refractivity contribution in [2.45, 2.75) is 45.3 Å². The Morgan fingerprint density at radius 1 is 1.47 bits per heavy atom. The summed E-state index contributed by atoms with van der Waals surface area (Å²) in [6, 6.07) is 0.0531. The third-order valence-electron chi connectivity index (χ3n) is 3.26. The number of carbonyl (C=O) groups is 1. The predicted octanol–water partition coefficient (Wildman–Crippen LogP) is 1.40. The van der Waals surface area contributed by atoms with E-state index in [1.54, 1.807) is 0 Å². The van der Waals surface area contributed by atoms with Crippen molar-refractivity contribution >= 4 is 6.29 Å². The van der Waals surface area contributed by atoms with Crippen LogP contribution < -0.4 is 0 Å². The zero-order chi connectivity index (χ0) is 11.0. The van der Waals surface area contributed by atoms with Gasteiger partial charge in [-0.25, -0.2) is 0 Å². The molecule has 2 unspecified atom stereocenters. The van der Waals surface area contributed by atoms with Crippen LogP contribution in [0.5, 0.6) is 0 Å². The normalized spacial score (nSPS) is 25.8. The highest BCUT2D eigenvalue weighted by Gasteiger charge is 2.29. The van der Waals surface area contributed by atoms with Crippen molar-refractivity contribution in [3.63, 3.8) is 0 Å². The second-order valence-electron chi connectivity index (χ2n) is 4.21. The maximum absolute atomic E-state index is 10.8. The highest BCUT2D eigenvalue weighted by atomic mass is 16.3. The standard InChI is InChI=1S/C11H16N2O2/c1-7-9(6-14)8(2)13(12-7)10-4-3-5-11(10)15/h6,10-11,15H,3-5H2,1-2H3. The molecule has 1 saturated carbocycles. The van der Waals surface area contributed by atoms with Crippen molar-refractivity contribution in [3.05, 3.63) is 17.0 Å². The number of aliphatic hydroxyl groups excluding tert-OH is 1. The molecule has 0 aliphatic heterocycles. The molecule has 1 N–H and O–H groups in total. The van der Waals surface area contributed by atoms with Gasteiger partial charge in [-0.15, -0.1) is 0 Å². The summed E-state index contributed by atoms with van der Waals surface area (Å²) in [4.78, 5) is 10.8. The van der Waals surface area contributed by atoms with E-state index >= 15 is 0 Å². The van der Waals surface area contributed by atoms with Crippen LogP contribution in [0.4, 0.5) is 0 Å². The van der Waals surface area contributed by atoms with Crippen LogP contribution in [0.2, 0.25) is 0 Å². The highest BCUT2D eigenvalue weighted by molar-refractivity contribution is 5.78. The number of nitrogens with zero attached hydrogens (tertiary/aromatic N) is 2. The maximum atomic E-state index is 10.8. The van der Waals surface area contributed by atoms with E-state index < -0.39 is 0 Å². The van der Waals surface area contributed by atoms with Crippen LogP contribution in [0.1, 0.15) is 47.1 Å². The fraction of sp³-hybridized carbons (Fsp3) is 0.636. The highest BCUT2D eigenvalue weighted by Crippen LogP contribution is 2.31. The summed E-state index contributed by atoms with van der Waals surface area (Å²) in [6.07, 6.45) is 3.33. The average molecular weight is 208 g/mol. The molecule has 0 radical (unpaired) electrons. The molecule has 1 fully saturated rings. The van der Waals surface area contributed by atoms with Gasteiger partial charge in [-0.2, -0.15) is 5.10 Å². The molecule has 4 nitrogen and oxygen atoms in total. The number of hydrogen-bond acceptors (Lipinski definition) is 3. The molecule has 0 bridgehead atoms. The molecule has 1 aliphatic carbocycles. The lowest BCUT2D eigenvalue weighted by Gasteiger charge is -2.16. The van der Waals surface area contributed by atoms with Crippen molar-refractivity contribution in [1.82, 2.24) is 9.78 Å². The summed E-state index contributed by atoms with van der Waals surface area (Å²) in [5.41, 5.74) is 2.28. The summed E-state index contributed by atoms with van der Waals surface area (Å²) < 4.78 is 1.82. The third kappa shape index (κ3) is 1.59. The molecule has 0 saturated heterocycles. The number of aromatic nitrogens is 2. The molecule has 82 valence electrons. The first kappa shape index (κ1) is 10.4. The number of aldehydes is 1. The van der Waals surface area contributed by atoms with Crippen molar-refractivity contribution < 1.29 is 9.90 Å². The predicted molar refractivity (Wildman–Crippen MR) is 56.0 cm³/mol. The Bertz CT molecular complexity index is 384. The summed E-state index contributed by atoms with van der Waals surface area (Å²) in [6.45, 7) is 3.71. The van der Waals surface area contributed by atoms with Crippen molar-refractivity contribution in [2.75, 3.05) is 0 Å². The van der Waals surface area contributed by atoms with E-state index in [1.807, 2.05) is 18.5 Å². The molecule has 0 amide bonds. The monoisotopic (exact) mass is 208 g/mol. The van der Waals surface area contributed by atoms with Gasteiger partial charge in [0, 0.05) is 5.69 Å². The minimum absolute atomic E-state index is 0.0531. The van der Waals surface area contributed by atoms with E-state index in [1.165, 1.54) is 0 Å². The van der Waals surface area contributed by atoms with Crippen LogP contribution >= 0.6 is 0 Å². The lowest BCUT2D eigenvalue weighted by atomic mass is 10.2. The van der Waals surface area contributed by atoms with Gasteiger partial charge in [0.15, 0.2) is 6.29 Å². The Labute approximate surface area is 88.9 Å². The first-order valence-electron chi connectivity index (χ1n) is 5.34. The number of carbonyl (C=O) groups excluding carboxylic acids is 1. The van der Waals surface area contributed by atoms with Crippen LogP contribution in [0, 0.1) is 13.8 Å². The van der Waals surface area contributed by atoms with Crippen LogP contribution in [0.3, 0.4) is 0 Å². The van der Waals surface area contributed by atoms with E-state index in [-0.39, 0.29) is 12.1 Å². The van der Waals surface area contributed by atoms with Gasteiger partial charge in [0.1, 0.15) is 0 Å². The molecule has 1 heterocycles. The van der Waals surface area contributed by atoms with Gasteiger partial charge in [-0.3, -0.25) is 9.48 Å². The molecule has 4 heteroatoms. The maximum Gasteiger partial charge on any atom is 0.153 e. The number of rotatable bonds is 2. The van der Waals surface area contributed by atoms with Gasteiger partial charge in [0.2, 0.25) is 0 Å². The molecule has 1 aliphatic rings. The molecule has 0 aromatic carbocycles. The van der Waals surface area contributed by atoms with E-state index in [2.05, 4.69) is 5.10 Å². The third-order valence-corrected chi connectivity index (χ3v) is 3.26. The van der Waals surface area contributed by atoms with Crippen LogP contribution in [0.25, 0.3) is 0 Å². The molecule has 2 rings (SSSR count). The molecule has 1 aromatic rings. The zero-order valence-electron chi connectivity index (χ0n) is 9.10. The van der Waals surface area contributed by atoms with Crippen LogP contribution in [0.15, 0.2) is 0 Å². The number of hydrogen-bond donors (Lipinski definition) is 1. The number of aryl methyl sites for hydroxylation is 1. The van der Waals surface area contributed by atoms with E-state index in [4.69, 9.17) is 0 Å². The molecular formula is C11H16N2O2. The van der Waals surface area contributed by atoms with E-state index in [0.29, 0.717) is 5.56 Å². The molecular weight excluding hydrogens is 192 g/mol. The van der Waals surface area contributed by atoms with Gasteiger partial charge in [0.25, 0.3) is 0 Å². The Hall–Kier alpha value is -1.16. The first-order valence-corrected chi connectivity index (χ1v) is 5.34. The van der Waals surface area contributed by atoms with Gasteiger partial charge >= 0.3 is 0 Å². The van der Waals surface area contributed by atoms with E-state index in [9.17, 15) is 9.90 Å². The fourth-order valence-corrected chi connectivity index (χ4v) is 2.38. The topological polar surface area (TPSA) is 55.1 Å². The largest absolute Gasteiger partial charge is 0.391 e. The lowest BCUT2D eigenvalue weighted by molar-refractivity contribution is 0.112. The van der Waals surface area contributed by atoms with Crippen molar-refractivity contribution in [3.8, 4) is 0 Å². The van der Waals surface area contributed by atoms with Gasteiger partial charge in [-0.1, -0.05) is 0 Å². The van der Waals surface area contributed by atoms with Crippen molar-refractivity contribution in [1.29, 1.82) is 0 Å². The SMILES string of the molecule is Cc1nn(C2CCCC2O)c(C)c1C=O. The minimum Gasteiger partial charge on any atom is -0.391 e. The fourth-order valence-electron chi connectivity index (χ4n) is 2.38. The lowest BCUT2D eigenvalue weighted by Crippen LogP contribution is -2.20. The molecule has 15 heavy (non-hydrogen) atoms. The Morgan fingerprint density at radius 3 is 2.67 bits per heavy atom. The van der Waals surface area contributed by atoms with Gasteiger partial charge < -0.3 is 5.11 Å². The first-order chi connectivity index (χ1) is 7.15. The van der Waals surface area contributed by atoms with Gasteiger partial charge in [-0.05, 0) is 33.1 Å². The Balaban J connectivity index is 2.40. The molecule has 1 aromatic heterocycles. The average Bonchev–Trinajstić information content (AvgIpc) is 2.71. The summed E-state index contributed by atoms with van der Waals surface area (Å²) in [5, 5.41) is 14.1. The molecule has 0 spiro atoms. The van der Waals surface area contributed by atoms with E-state index in [0.717, 1.165) is 36.9 Å². The summed E-state index contributed by atoms with van der Waals surface area (Å²) >= 11 is 0. The smallest absolute Gasteiger partial charge is 0.153 e. The second-order valence-corrected chi connectivity index (χ2v) is 4.21. The van der Waals surface area contributed by atoms with Crippen LogP contribution in [-0.2, 0) is 0 Å². The van der Waals surface area contributed by atoms with Crippen molar-refractivity contribution in [2.24, 2.45) is 0 Å². The minimum atomic E-state index is -0.317. The zero-order valence-corrected chi connectivity index (χ0v) is 9.10.